The molecular weight excluding hydrogens is 264 g/mol. The molecule has 2 rings (SSSR count). The fourth-order valence-electron chi connectivity index (χ4n) is 2.19. The van der Waals surface area contributed by atoms with Crippen LogP contribution in [0.2, 0.25) is 0 Å². The lowest BCUT2D eigenvalue weighted by Gasteiger charge is -2.17. The molecule has 0 bridgehead atoms. The number of nitrogen functional groups attached to an aromatic ring is 1. The van der Waals surface area contributed by atoms with Crippen LogP contribution in [-0.4, -0.2) is 11.9 Å². The molecule has 0 radical (unpaired) electrons. The van der Waals surface area contributed by atoms with Crippen LogP contribution in [0, 0.1) is 17.6 Å². The van der Waals surface area contributed by atoms with Gasteiger partial charge in [-0.15, -0.1) is 0 Å². The van der Waals surface area contributed by atoms with Crippen LogP contribution >= 0.6 is 0 Å². The summed E-state index contributed by atoms with van der Waals surface area (Å²) in [4.78, 5) is 12.0. The molecular formula is C14H19F2N3O. The van der Waals surface area contributed by atoms with Gasteiger partial charge in [0.15, 0.2) is 11.6 Å². The number of amides is 1. The second-order valence-electron chi connectivity index (χ2n) is 5.22. The highest BCUT2D eigenvalue weighted by atomic mass is 19.1. The average Bonchev–Trinajstić information content (AvgIpc) is 3.21. The highest BCUT2D eigenvalue weighted by molar-refractivity contribution is 5.94. The number of carbonyl (C=O) groups is 1. The van der Waals surface area contributed by atoms with E-state index in [0.717, 1.165) is 25.0 Å². The number of halogens is 2. The summed E-state index contributed by atoms with van der Waals surface area (Å²) in [6.45, 7) is 1.98. The van der Waals surface area contributed by atoms with Crippen molar-refractivity contribution in [2.24, 2.45) is 11.8 Å². The van der Waals surface area contributed by atoms with Crippen molar-refractivity contribution in [1.29, 1.82) is 0 Å². The third-order valence-corrected chi connectivity index (χ3v) is 3.59. The SMILES string of the molecule is CCC(CC1CC1)NC(=O)c1cc(F)c(NN)c(F)c1. The Morgan fingerprint density at radius 3 is 2.45 bits per heavy atom. The second kappa shape index (κ2) is 6.17. The Hall–Kier alpha value is -1.69. The molecule has 4 N–H and O–H groups in total. The number of benzene rings is 1. The standard InChI is InChI=1S/C14H19F2N3O/c1-2-10(5-8-3-4-8)18-14(20)9-6-11(15)13(19-17)12(16)7-9/h6-8,10,19H,2-5,17H2,1H3,(H,18,20). The molecule has 1 aliphatic carbocycles. The molecule has 4 nitrogen and oxygen atoms in total. The highest BCUT2D eigenvalue weighted by Gasteiger charge is 2.26. The van der Waals surface area contributed by atoms with Crippen molar-refractivity contribution in [3.63, 3.8) is 0 Å². The third kappa shape index (κ3) is 3.45. The average molecular weight is 283 g/mol. The Kier molecular flexibility index (Phi) is 4.54. The largest absolute Gasteiger partial charge is 0.349 e. The molecule has 0 heterocycles. The Bertz CT molecular complexity index is 480. The Morgan fingerprint density at radius 2 is 2.00 bits per heavy atom. The predicted octanol–water partition coefficient (Wildman–Crippen LogP) is 2.56. The van der Waals surface area contributed by atoms with Gasteiger partial charge >= 0.3 is 0 Å². The maximum Gasteiger partial charge on any atom is 0.251 e. The van der Waals surface area contributed by atoms with Crippen LogP contribution in [0.25, 0.3) is 0 Å². The number of hydrogen-bond acceptors (Lipinski definition) is 3. The van der Waals surface area contributed by atoms with Gasteiger partial charge in [-0.1, -0.05) is 19.8 Å². The molecule has 1 unspecified atom stereocenters. The Morgan fingerprint density at radius 1 is 1.40 bits per heavy atom. The Balaban J connectivity index is 2.07. The Labute approximate surface area is 116 Å². The van der Waals surface area contributed by atoms with E-state index in [2.05, 4.69) is 5.32 Å². The summed E-state index contributed by atoms with van der Waals surface area (Å²) >= 11 is 0. The van der Waals surface area contributed by atoms with Crippen LogP contribution in [0.4, 0.5) is 14.5 Å². The molecule has 1 aliphatic rings. The van der Waals surface area contributed by atoms with Gasteiger partial charge in [0.25, 0.3) is 5.91 Å². The van der Waals surface area contributed by atoms with Crippen molar-refractivity contribution in [2.45, 2.75) is 38.6 Å². The van der Waals surface area contributed by atoms with Crippen molar-refractivity contribution in [3.05, 3.63) is 29.3 Å². The van der Waals surface area contributed by atoms with Crippen LogP contribution in [0.3, 0.4) is 0 Å². The van der Waals surface area contributed by atoms with E-state index in [0.29, 0.717) is 5.92 Å². The minimum Gasteiger partial charge on any atom is -0.349 e. The van der Waals surface area contributed by atoms with Crippen LogP contribution in [0.5, 0.6) is 0 Å². The molecule has 1 atom stereocenters. The number of nitrogens with one attached hydrogen (secondary N) is 2. The van der Waals surface area contributed by atoms with E-state index in [4.69, 9.17) is 5.84 Å². The first-order valence-electron chi connectivity index (χ1n) is 6.81. The first-order chi connectivity index (χ1) is 9.55. The zero-order valence-corrected chi connectivity index (χ0v) is 11.4. The molecule has 0 spiro atoms. The summed E-state index contributed by atoms with van der Waals surface area (Å²) in [6.07, 6.45) is 4.13. The van der Waals surface area contributed by atoms with Gasteiger partial charge in [-0.05, 0) is 30.9 Å². The van der Waals surface area contributed by atoms with Gasteiger partial charge in [-0.3, -0.25) is 10.6 Å². The molecule has 6 heteroatoms. The maximum atomic E-state index is 13.5. The van der Waals surface area contributed by atoms with E-state index in [-0.39, 0.29) is 11.6 Å². The van der Waals surface area contributed by atoms with Gasteiger partial charge in [-0.2, -0.15) is 0 Å². The molecule has 0 saturated heterocycles. The van der Waals surface area contributed by atoms with E-state index in [1.54, 1.807) is 0 Å². The fourth-order valence-corrected chi connectivity index (χ4v) is 2.19. The molecule has 110 valence electrons. The quantitative estimate of drug-likeness (QED) is 0.555. The lowest BCUT2D eigenvalue weighted by Crippen LogP contribution is -2.35. The van der Waals surface area contributed by atoms with Crippen molar-refractivity contribution in [2.75, 3.05) is 5.43 Å². The van der Waals surface area contributed by atoms with Crippen molar-refractivity contribution >= 4 is 11.6 Å². The van der Waals surface area contributed by atoms with Crippen molar-refractivity contribution in [3.8, 4) is 0 Å². The zero-order valence-electron chi connectivity index (χ0n) is 11.4. The smallest absolute Gasteiger partial charge is 0.251 e. The molecule has 0 aromatic heterocycles. The summed E-state index contributed by atoms with van der Waals surface area (Å²) in [6, 6.07) is 2.02. The van der Waals surface area contributed by atoms with Crippen molar-refractivity contribution < 1.29 is 13.6 Å². The zero-order chi connectivity index (χ0) is 14.7. The fraction of sp³-hybridized carbons (Fsp3) is 0.500. The molecule has 1 saturated carbocycles. The number of hydrazine groups is 1. The van der Waals surface area contributed by atoms with E-state index in [9.17, 15) is 13.6 Å². The number of nitrogens with two attached hydrogens (primary N) is 1. The molecule has 1 aromatic carbocycles. The van der Waals surface area contributed by atoms with E-state index < -0.39 is 23.2 Å². The summed E-state index contributed by atoms with van der Waals surface area (Å²) < 4.78 is 27.1. The van der Waals surface area contributed by atoms with E-state index in [1.165, 1.54) is 12.8 Å². The normalized spacial score (nSPS) is 15.8. The molecule has 20 heavy (non-hydrogen) atoms. The minimum atomic E-state index is -0.882. The maximum absolute atomic E-state index is 13.5. The summed E-state index contributed by atoms with van der Waals surface area (Å²) in [5.74, 6) is 3.47. The number of rotatable bonds is 6. The summed E-state index contributed by atoms with van der Waals surface area (Å²) in [5.41, 5.74) is 1.46. The van der Waals surface area contributed by atoms with Crippen LogP contribution in [-0.2, 0) is 0 Å². The van der Waals surface area contributed by atoms with Gasteiger partial charge < -0.3 is 10.7 Å². The first-order valence-corrected chi connectivity index (χ1v) is 6.81. The van der Waals surface area contributed by atoms with Crippen LogP contribution in [0.15, 0.2) is 12.1 Å². The van der Waals surface area contributed by atoms with E-state index in [1.807, 2.05) is 12.3 Å². The topological polar surface area (TPSA) is 67.2 Å². The number of hydrogen-bond donors (Lipinski definition) is 3. The van der Waals surface area contributed by atoms with Crippen LogP contribution < -0.4 is 16.6 Å². The second-order valence-corrected chi connectivity index (χ2v) is 5.22. The number of anilines is 1. The third-order valence-electron chi connectivity index (χ3n) is 3.59. The molecule has 1 aromatic rings. The number of carbonyl (C=O) groups excluding carboxylic acids is 1. The highest BCUT2D eigenvalue weighted by Crippen LogP contribution is 2.34. The van der Waals surface area contributed by atoms with E-state index >= 15 is 0 Å². The van der Waals surface area contributed by atoms with Gasteiger partial charge in [0, 0.05) is 11.6 Å². The molecule has 1 fully saturated rings. The molecule has 1 amide bonds. The van der Waals surface area contributed by atoms with Crippen LogP contribution in [0.1, 0.15) is 43.0 Å². The predicted molar refractivity (Wildman–Crippen MR) is 73.1 cm³/mol. The first kappa shape index (κ1) is 14.7. The molecule has 0 aliphatic heterocycles. The van der Waals surface area contributed by atoms with Crippen molar-refractivity contribution in [1.82, 2.24) is 5.32 Å². The lowest BCUT2D eigenvalue weighted by molar-refractivity contribution is 0.0932. The van der Waals surface area contributed by atoms with Gasteiger partial charge in [0.05, 0.1) is 0 Å². The monoisotopic (exact) mass is 283 g/mol. The van der Waals surface area contributed by atoms with Gasteiger partial charge in [0.1, 0.15) is 5.69 Å². The van der Waals surface area contributed by atoms with Gasteiger partial charge in [-0.25, -0.2) is 8.78 Å². The summed E-state index contributed by atoms with van der Waals surface area (Å²) in [7, 11) is 0. The summed E-state index contributed by atoms with van der Waals surface area (Å²) in [5, 5.41) is 2.82. The minimum absolute atomic E-state index is 0.0340. The van der Waals surface area contributed by atoms with Gasteiger partial charge in [0.2, 0.25) is 0 Å². The lowest BCUT2D eigenvalue weighted by atomic mass is 10.1.